The van der Waals surface area contributed by atoms with Gasteiger partial charge in [0.1, 0.15) is 4.90 Å². The van der Waals surface area contributed by atoms with Crippen LogP contribution in [0.2, 0.25) is 0 Å². The van der Waals surface area contributed by atoms with Crippen LogP contribution in [0.25, 0.3) is 0 Å². The van der Waals surface area contributed by atoms with Crippen LogP contribution in [0.4, 0.5) is 5.69 Å². The van der Waals surface area contributed by atoms with Crippen molar-refractivity contribution in [2.45, 2.75) is 18.4 Å². The zero-order valence-corrected chi connectivity index (χ0v) is 11.3. The number of hydrogen-bond donors (Lipinski definition) is 2. The average molecular weight is 277 g/mol. The Morgan fingerprint density at radius 1 is 1.16 bits per heavy atom. The minimum Gasteiger partial charge on any atom is -0.325 e. The van der Waals surface area contributed by atoms with E-state index in [2.05, 4.69) is 9.71 Å². The molecule has 0 saturated heterocycles. The molecule has 0 aliphatic carbocycles. The first-order valence-electron chi connectivity index (χ1n) is 5.76. The second kappa shape index (κ2) is 5.38. The Balaban J connectivity index is 2.24. The summed E-state index contributed by atoms with van der Waals surface area (Å²) in [5.41, 5.74) is 7.65. The fourth-order valence-electron chi connectivity index (χ4n) is 1.53. The Hall–Kier alpha value is -1.92. The molecule has 1 aromatic carbocycles. The van der Waals surface area contributed by atoms with Crippen LogP contribution in [0.5, 0.6) is 0 Å². The maximum atomic E-state index is 12.1. The van der Waals surface area contributed by atoms with Crippen molar-refractivity contribution in [3.8, 4) is 0 Å². The quantitative estimate of drug-likeness (QED) is 0.889. The normalized spacial score (nSPS) is 11.3. The minimum atomic E-state index is -3.60. The lowest BCUT2D eigenvalue weighted by Crippen LogP contribution is -2.13. The summed E-state index contributed by atoms with van der Waals surface area (Å²) in [4.78, 5) is 4.09. The smallest absolute Gasteiger partial charge is 0.263 e. The van der Waals surface area contributed by atoms with E-state index in [1.165, 1.54) is 12.3 Å². The number of sulfonamides is 1. The molecule has 0 spiro atoms. The number of rotatable bonds is 4. The summed E-state index contributed by atoms with van der Waals surface area (Å²) >= 11 is 0. The lowest BCUT2D eigenvalue weighted by Gasteiger charge is -2.08. The van der Waals surface area contributed by atoms with Crippen molar-refractivity contribution in [2.75, 3.05) is 4.72 Å². The molecule has 5 nitrogen and oxygen atoms in total. The molecule has 100 valence electrons. The molecule has 19 heavy (non-hydrogen) atoms. The van der Waals surface area contributed by atoms with E-state index in [0.29, 0.717) is 11.4 Å². The number of aromatic nitrogens is 1. The molecule has 0 atom stereocenters. The van der Waals surface area contributed by atoms with E-state index in [0.717, 1.165) is 5.56 Å². The highest BCUT2D eigenvalue weighted by molar-refractivity contribution is 7.92. The molecule has 6 heteroatoms. The summed E-state index contributed by atoms with van der Waals surface area (Å²) in [6, 6.07) is 10.2. The van der Waals surface area contributed by atoms with Gasteiger partial charge in [-0.2, -0.15) is 0 Å². The van der Waals surface area contributed by atoms with E-state index in [9.17, 15) is 8.42 Å². The number of aryl methyl sites for hydroxylation is 1. The van der Waals surface area contributed by atoms with Crippen LogP contribution >= 0.6 is 0 Å². The lowest BCUT2D eigenvalue weighted by molar-refractivity contribution is 0.600. The van der Waals surface area contributed by atoms with Crippen LogP contribution < -0.4 is 10.5 Å². The number of benzene rings is 1. The van der Waals surface area contributed by atoms with Gasteiger partial charge in [0.25, 0.3) is 10.0 Å². The summed E-state index contributed by atoms with van der Waals surface area (Å²) < 4.78 is 26.7. The van der Waals surface area contributed by atoms with Crippen LogP contribution in [-0.2, 0) is 16.6 Å². The molecule has 0 saturated carbocycles. The van der Waals surface area contributed by atoms with Gasteiger partial charge in [-0.25, -0.2) is 8.42 Å². The molecular weight excluding hydrogens is 262 g/mol. The van der Waals surface area contributed by atoms with E-state index in [-0.39, 0.29) is 11.4 Å². The number of nitrogens with one attached hydrogen (secondary N) is 1. The van der Waals surface area contributed by atoms with E-state index < -0.39 is 10.0 Å². The predicted molar refractivity (Wildman–Crippen MR) is 74.1 cm³/mol. The molecule has 0 unspecified atom stereocenters. The zero-order chi connectivity index (χ0) is 13.9. The Bertz CT molecular complexity index is 649. The van der Waals surface area contributed by atoms with E-state index in [1.807, 2.05) is 19.1 Å². The zero-order valence-electron chi connectivity index (χ0n) is 10.5. The first-order valence-corrected chi connectivity index (χ1v) is 7.24. The maximum absolute atomic E-state index is 12.1. The molecule has 3 N–H and O–H groups in total. The molecule has 0 amide bonds. The first kappa shape index (κ1) is 13.5. The Kier molecular flexibility index (Phi) is 3.82. The van der Waals surface area contributed by atoms with Gasteiger partial charge in [0.2, 0.25) is 0 Å². The van der Waals surface area contributed by atoms with Crippen molar-refractivity contribution in [2.24, 2.45) is 5.73 Å². The average Bonchev–Trinajstić information content (AvgIpc) is 2.41. The lowest BCUT2D eigenvalue weighted by atomic mass is 10.2. The predicted octanol–water partition coefficient (Wildman–Crippen LogP) is 1.65. The van der Waals surface area contributed by atoms with Crippen molar-refractivity contribution in [3.63, 3.8) is 0 Å². The summed E-state index contributed by atoms with van der Waals surface area (Å²) in [6.07, 6.45) is 1.30. The highest BCUT2D eigenvalue weighted by Crippen LogP contribution is 2.16. The van der Waals surface area contributed by atoms with Crippen molar-refractivity contribution < 1.29 is 8.42 Å². The highest BCUT2D eigenvalue weighted by Gasteiger charge is 2.14. The number of hydrogen-bond acceptors (Lipinski definition) is 4. The SMILES string of the molecule is Cc1ccc(NS(=O)(=O)c2ccc(CN)nc2)cc1. The third kappa shape index (κ3) is 3.30. The molecule has 0 aliphatic heterocycles. The summed E-state index contributed by atoms with van der Waals surface area (Å²) in [6.45, 7) is 2.22. The van der Waals surface area contributed by atoms with Crippen molar-refractivity contribution in [1.82, 2.24) is 4.98 Å². The second-order valence-electron chi connectivity index (χ2n) is 4.16. The second-order valence-corrected chi connectivity index (χ2v) is 5.84. The highest BCUT2D eigenvalue weighted by atomic mass is 32.2. The van der Waals surface area contributed by atoms with Gasteiger partial charge in [-0.15, -0.1) is 0 Å². The minimum absolute atomic E-state index is 0.116. The molecule has 0 bridgehead atoms. The fraction of sp³-hybridized carbons (Fsp3) is 0.154. The summed E-state index contributed by atoms with van der Waals surface area (Å²) in [7, 11) is -3.60. The Labute approximate surface area is 112 Å². The summed E-state index contributed by atoms with van der Waals surface area (Å²) in [5, 5.41) is 0. The fourth-order valence-corrected chi connectivity index (χ4v) is 2.53. The van der Waals surface area contributed by atoms with Gasteiger partial charge in [0.15, 0.2) is 0 Å². The van der Waals surface area contributed by atoms with Gasteiger partial charge in [0.05, 0.1) is 5.69 Å². The van der Waals surface area contributed by atoms with Gasteiger partial charge in [-0.1, -0.05) is 17.7 Å². The number of pyridine rings is 1. The van der Waals surface area contributed by atoms with Crippen LogP contribution in [0, 0.1) is 6.92 Å². The molecular formula is C13H15N3O2S. The molecule has 0 fully saturated rings. The third-order valence-corrected chi connectivity index (χ3v) is 3.99. The Morgan fingerprint density at radius 2 is 1.84 bits per heavy atom. The molecule has 2 aromatic rings. The van der Waals surface area contributed by atoms with E-state index >= 15 is 0 Å². The van der Waals surface area contributed by atoms with Gasteiger partial charge in [0, 0.05) is 18.4 Å². The maximum Gasteiger partial charge on any atom is 0.263 e. The van der Waals surface area contributed by atoms with Gasteiger partial charge in [-0.3, -0.25) is 9.71 Å². The van der Waals surface area contributed by atoms with E-state index in [1.54, 1.807) is 18.2 Å². The standard InChI is InChI=1S/C13H15N3O2S/c1-10-2-4-11(5-3-10)16-19(17,18)13-7-6-12(8-14)15-9-13/h2-7,9,16H,8,14H2,1H3. The monoisotopic (exact) mass is 277 g/mol. The Morgan fingerprint density at radius 3 is 2.37 bits per heavy atom. The topological polar surface area (TPSA) is 85.1 Å². The van der Waals surface area contributed by atoms with Gasteiger partial charge in [-0.05, 0) is 31.2 Å². The number of anilines is 1. The number of nitrogens with two attached hydrogens (primary N) is 1. The third-order valence-electron chi connectivity index (χ3n) is 2.62. The summed E-state index contributed by atoms with van der Waals surface area (Å²) in [5.74, 6) is 0. The molecule has 0 aliphatic rings. The van der Waals surface area contributed by atoms with Crippen molar-refractivity contribution in [3.05, 3.63) is 53.9 Å². The van der Waals surface area contributed by atoms with Crippen LogP contribution in [0.3, 0.4) is 0 Å². The van der Waals surface area contributed by atoms with Gasteiger partial charge >= 0.3 is 0 Å². The molecule has 1 aromatic heterocycles. The van der Waals surface area contributed by atoms with Gasteiger partial charge < -0.3 is 5.73 Å². The van der Waals surface area contributed by atoms with Crippen LogP contribution in [0.1, 0.15) is 11.3 Å². The molecule has 2 rings (SSSR count). The van der Waals surface area contributed by atoms with E-state index in [4.69, 9.17) is 5.73 Å². The largest absolute Gasteiger partial charge is 0.325 e. The van der Waals surface area contributed by atoms with Crippen LogP contribution in [0.15, 0.2) is 47.5 Å². The molecule has 1 heterocycles. The van der Waals surface area contributed by atoms with Crippen molar-refractivity contribution in [1.29, 1.82) is 0 Å². The molecule has 0 radical (unpaired) electrons. The number of nitrogens with zero attached hydrogens (tertiary/aromatic N) is 1. The van der Waals surface area contributed by atoms with Crippen molar-refractivity contribution >= 4 is 15.7 Å². The van der Waals surface area contributed by atoms with Crippen LogP contribution in [-0.4, -0.2) is 13.4 Å². The first-order chi connectivity index (χ1) is 9.01.